The predicted octanol–water partition coefficient (Wildman–Crippen LogP) is 0.394. The summed E-state index contributed by atoms with van der Waals surface area (Å²) in [7, 11) is 0. The molecule has 0 radical (unpaired) electrons. The van der Waals surface area contributed by atoms with Gasteiger partial charge in [0.2, 0.25) is 0 Å². The van der Waals surface area contributed by atoms with E-state index in [2.05, 4.69) is 0 Å². The number of rotatable bonds is 5. The number of carboxylic acid groups (broad SMARTS) is 1. The van der Waals surface area contributed by atoms with Crippen LogP contribution in [0.4, 0.5) is 0 Å². The topological polar surface area (TPSA) is 83.5 Å². The maximum atomic E-state index is 10.9. The summed E-state index contributed by atoms with van der Waals surface area (Å²) in [4.78, 5) is 10.9. The maximum absolute atomic E-state index is 10.9. The normalized spacial score (nSPS) is 14.5. The Bertz CT molecular complexity index is 326. The first-order valence-corrected chi connectivity index (χ1v) is 4.78. The summed E-state index contributed by atoms with van der Waals surface area (Å²) < 4.78 is 0. The first kappa shape index (κ1) is 11.7. The van der Waals surface area contributed by atoms with Gasteiger partial charge in [-0.25, -0.2) is 4.79 Å². The second-order valence-corrected chi connectivity index (χ2v) is 3.54. The molecule has 0 unspecified atom stereocenters. The summed E-state index contributed by atoms with van der Waals surface area (Å²) in [6.45, 7) is 0.148. The van der Waals surface area contributed by atoms with E-state index in [0.29, 0.717) is 0 Å². The summed E-state index contributed by atoms with van der Waals surface area (Å²) in [6, 6.07) is 9.02. The highest BCUT2D eigenvalue weighted by molar-refractivity contribution is 5.77. The van der Waals surface area contributed by atoms with E-state index in [4.69, 9.17) is 10.8 Å². The molecule has 0 spiro atoms. The summed E-state index contributed by atoms with van der Waals surface area (Å²) in [5.74, 6) is -1.23. The van der Waals surface area contributed by atoms with Gasteiger partial charge >= 0.3 is 5.97 Å². The highest BCUT2D eigenvalue weighted by Crippen LogP contribution is 2.17. The van der Waals surface area contributed by atoms with Gasteiger partial charge in [-0.1, -0.05) is 30.3 Å². The van der Waals surface area contributed by atoms with E-state index in [-0.39, 0.29) is 19.4 Å². The zero-order chi connectivity index (χ0) is 11.3. The van der Waals surface area contributed by atoms with Gasteiger partial charge in [0.15, 0.2) is 5.60 Å². The third kappa shape index (κ3) is 3.04. The quantitative estimate of drug-likeness (QED) is 0.655. The molecule has 0 amide bonds. The molecule has 4 N–H and O–H groups in total. The molecule has 0 aromatic heterocycles. The molecule has 0 bridgehead atoms. The van der Waals surface area contributed by atoms with Gasteiger partial charge in [0.05, 0.1) is 0 Å². The molecule has 1 rings (SSSR count). The molecule has 0 aliphatic heterocycles. The maximum Gasteiger partial charge on any atom is 0.336 e. The molecule has 0 heterocycles. The van der Waals surface area contributed by atoms with E-state index < -0.39 is 11.6 Å². The van der Waals surface area contributed by atoms with Crippen molar-refractivity contribution in [1.82, 2.24) is 0 Å². The van der Waals surface area contributed by atoms with E-state index >= 15 is 0 Å². The van der Waals surface area contributed by atoms with E-state index in [1.54, 1.807) is 24.3 Å². The van der Waals surface area contributed by atoms with Gasteiger partial charge in [-0.3, -0.25) is 0 Å². The predicted molar refractivity (Wildman–Crippen MR) is 56.4 cm³/mol. The lowest BCUT2D eigenvalue weighted by Gasteiger charge is -2.22. The minimum Gasteiger partial charge on any atom is -0.479 e. The average molecular weight is 209 g/mol. The number of nitrogens with two attached hydrogens (primary N) is 1. The van der Waals surface area contributed by atoms with E-state index in [9.17, 15) is 9.90 Å². The molecule has 1 atom stereocenters. The van der Waals surface area contributed by atoms with Crippen LogP contribution >= 0.6 is 0 Å². The Balaban J connectivity index is 2.80. The molecule has 0 saturated heterocycles. The molecule has 0 aliphatic carbocycles. The number of aliphatic carboxylic acids is 1. The van der Waals surface area contributed by atoms with Crippen LogP contribution in [0.3, 0.4) is 0 Å². The van der Waals surface area contributed by atoms with Crippen molar-refractivity contribution in [1.29, 1.82) is 0 Å². The largest absolute Gasteiger partial charge is 0.479 e. The van der Waals surface area contributed by atoms with Crippen molar-refractivity contribution in [3.05, 3.63) is 35.9 Å². The lowest BCUT2D eigenvalue weighted by atomic mass is 9.91. The fraction of sp³-hybridized carbons (Fsp3) is 0.364. The highest BCUT2D eigenvalue weighted by atomic mass is 16.4. The van der Waals surface area contributed by atoms with Crippen LogP contribution in [0.5, 0.6) is 0 Å². The number of benzene rings is 1. The van der Waals surface area contributed by atoms with Crippen molar-refractivity contribution < 1.29 is 15.0 Å². The molecule has 1 aromatic rings. The van der Waals surface area contributed by atoms with Crippen LogP contribution in [0.25, 0.3) is 0 Å². The zero-order valence-corrected chi connectivity index (χ0v) is 8.39. The Morgan fingerprint density at radius 1 is 1.33 bits per heavy atom. The highest BCUT2D eigenvalue weighted by Gasteiger charge is 2.34. The van der Waals surface area contributed by atoms with Crippen LogP contribution in [0.15, 0.2) is 30.3 Å². The van der Waals surface area contributed by atoms with Crippen molar-refractivity contribution in [3.8, 4) is 0 Å². The fourth-order valence-electron chi connectivity index (χ4n) is 1.44. The number of hydrogen-bond donors (Lipinski definition) is 3. The smallest absolute Gasteiger partial charge is 0.336 e. The van der Waals surface area contributed by atoms with E-state index in [0.717, 1.165) is 5.56 Å². The SMILES string of the molecule is NCC[C@](O)(Cc1ccccc1)C(=O)O. The number of aliphatic hydroxyl groups is 1. The van der Waals surface area contributed by atoms with Gasteiger partial charge in [0.1, 0.15) is 0 Å². The summed E-state index contributed by atoms with van der Waals surface area (Å²) in [5.41, 5.74) is 4.32. The minimum absolute atomic E-state index is 0.0528. The average Bonchev–Trinajstić information content (AvgIpc) is 2.19. The van der Waals surface area contributed by atoms with Crippen molar-refractivity contribution in [2.75, 3.05) is 6.54 Å². The first-order chi connectivity index (χ1) is 7.08. The second-order valence-electron chi connectivity index (χ2n) is 3.54. The van der Waals surface area contributed by atoms with Crippen molar-refractivity contribution in [3.63, 3.8) is 0 Å². The summed E-state index contributed by atoms with van der Waals surface area (Å²) in [6.07, 6.45) is 0.137. The molecule has 4 nitrogen and oxygen atoms in total. The van der Waals surface area contributed by atoms with Crippen LogP contribution in [0.2, 0.25) is 0 Å². The molecule has 82 valence electrons. The molecule has 1 aromatic carbocycles. The van der Waals surface area contributed by atoms with Crippen molar-refractivity contribution in [2.45, 2.75) is 18.4 Å². The van der Waals surface area contributed by atoms with E-state index in [1.165, 1.54) is 0 Å². The molecule has 0 aliphatic rings. The van der Waals surface area contributed by atoms with Gasteiger partial charge in [-0.05, 0) is 18.5 Å². The Morgan fingerprint density at radius 2 is 1.93 bits per heavy atom. The lowest BCUT2D eigenvalue weighted by Crippen LogP contribution is -2.42. The Morgan fingerprint density at radius 3 is 2.40 bits per heavy atom. The van der Waals surface area contributed by atoms with Crippen LogP contribution in [-0.2, 0) is 11.2 Å². The van der Waals surface area contributed by atoms with Crippen LogP contribution in [-0.4, -0.2) is 28.3 Å². The molecular weight excluding hydrogens is 194 g/mol. The molecule has 0 saturated carbocycles. The third-order valence-electron chi connectivity index (χ3n) is 2.30. The second kappa shape index (κ2) is 4.91. The zero-order valence-electron chi connectivity index (χ0n) is 8.39. The van der Waals surface area contributed by atoms with Crippen molar-refractivity contribution >= 4 is 5.97 Å². The first-order valence-electron chi connectivity index (χ1n) is 4.78. The van der Waals surface area contributed by atoms with Crippen LogP contribution in [0, 0.1) is 0 Å². The Kier molecular flexibility index (Phi) is 3.82. The Hall–Kier alpha value is -1.39. The molecular formula is C11H15NO3. The van der Waals surface area contributed by atoms with Gasteiger partial charge < -0.3 is 15.9 Å². The molecule has 4 heteroatoms. The van der Waals surface area contributed by atoms with Gasteiger partial charge in [0, 0.05) is 6.42 Å². The molecule has 15 heavy (non-hydrogen) atoms. The monoisotopic (exact) mass is 209 g/mol. The number of carboxylic acids is 1. The minimum atomic E-state index is -1.75. The standard InChI is InChI=1S/C11H15NO3/c12-7-6-11(15,10(13)14)8-9-4-2-1-3-5-9/h1-5,15H,6-8,12H2,(H,13,14)/t11-/m0/s1. The summed E-state index contributed by atoms with van der Waals surface area (Å²) in [5, 5.41) is 18.8. The number of carbonyl (C=O) groups is 1. The summed E-state index contributed by atoms with van der Waals surface area (Å²) >= 11 is 0. The molecule has 0 fully saturated rings. The van der Waals surface area contributed by atoms with Crippen LogP contribution in [0.1, 0.15) is 12.0 Å². The third-order valence-corrected chi connectivity index (χ3v) is 2.30. The fourth-order valence-corrected chi connectivity index (χ4v) is 1.44. The van der Waals surface area contributed by atoms with Gasteiger partial charge in [-0.15, -0.1) is 0 Å². The number of hydrogen-bond acceptors (Lipinski definition) is 3. The van der Waals surface area contributed by atoms with Gasteiger partial charge in [-0.2, -0.15) is 0 Å². The van der Waals surface area contributed by atoms with Crippen LogP contribution < -0.4 is 5.73 Å². The van der Waals surface area contributed by atoms with Gasteiger partial charge in [0.25, 0.3) is 0 Å². The van der Waals surface area contributed by atoms with Crippen molar-refractivity contribution in [2.24, 2.45) is 5.73 Å². The van der Waals surface area contributed by atoms with E-state index in [1.807, 2.05) is 6.07 Å². The lowest BCUT2D eigenvalue weighted by molar-refractivity contribution is -0.158. The Labute approximate surface area is 88.3 Å².